The Bertz CT molecular complexity index is 4480. The van der Waals surface area contributed by atoms with Crippen LogP contribution in [-0.4, -0.2) is 0 Å². The minimum atomic E-state index is -4.94. The molecule has 0 aliphatic carbocycles. The summed E-state index contributed by atoms with van der Waals surface area (Å²) in [5, 5.41) is 26.7. The molecular formula is C88H64ClO4P4Rh. The summed E-state index contributed by atoms with van der Waals surface area (Å²) in [7, 11) is -8.35. The summed E-state index contributed by atoms with van der Waals surface area (Å²) in [5.74, 6) is 0. The Kier molecular flexibility index (Phi) is 21.9. The van der Waals surface area contributed by atoms with Gasteiger partial charge in [-0.1, -0.05) is 388 Å². The zero-order valence-corrected chi connectivity index (χ0v) is 59.1. The van der Waals surface area contributed by atoms with E-state index in [1.54, 1.807) is 0 Å². The van der Waals surface area contributed by atoms with Gasteiger partial charge in [0.15, 0.2) is 0 Å². The van der Waals surface area contributed by atoms with E-state index in [-0.39, 0.29) is 19.5 Å². The van der Waals surface area contributed by atoms with Crippen molar-refractivity contribution in [2.24, 2.45) is 0 Å². The third-order valence-corrected chi connectivity index (χ3v) is 27.1. The molecule has 4 nitrogen and oxygen atoms in total. The summed E-state index contributed by atoms with van der Waals surface area (Å²) in [6, 6.07) is 144. The first-order valence-electron chi connectivity index (χ1n) is 32.0. The Hall–Kier alpha value is -8.97. The molecule has 0 spiro atoms. The molecule has 0 aromatic heterocycles. The van der Waals surface area contributed by atoms with E-state index in [1.165, 1.54) is 129 Å². The second-order valence-corrected chi connectivity index (χ2v) is 32.6. The summed E-state index contributed by atoms with van der Waals surface area (Å²) in [6.07, 6.45) is 0. The molecule has 0 radical (unpaired) electrons. The number of fused-ring (bicyclic) bond motifs is 4. The van der Waals surface area contributed by atoms with E-state index in [4.69, 9.17) is 18.6 Å². The van der Waals surface area contributed by atoms with Gasteiger partial charge in [-0.05, 0) is 161 Å². The summed E-state index contributed by atoms with van der Waals surface area (Å²) in [4.78, 5) is 0. The molecule has 16 aromatic carbocycles. The van der Waals surface area contributed by atoms with Gasteiger partial charge in [0.2, 0.25) is 0 Å². The standard InChI is InChI=1S/2C44H32P2.ClHO4.Rh/c2*1-5-19-35(20-6-1)45(36-21-7-2-8-22-36)41-31-29-33-17-13-15-27-39(33)43(41)44-40-28-16-14-18-34(40)30-32-42(44)46(37-23-9-3-10-24-37)38-25-11-4-12-26-38;2-1(3,4)5;/h2*1-32H;(H,2,3,4,5);/q;;;+1/p-1. The molecule has 0 bridgehead atoms. The van der Waals surface area contributed by atoms with Crippen LogP contribution in [0.4, 0.5) is 0 Å². The van der Waals surface area contributed by atoms with Crippen LogP contribution in [0.2, 0.25) is 0 Å². The van der Waals surface area contributed by atoms with Gasteiger partial charge in [0.1, 0.15) is 0 Å². The van der Waals surface area contributed by atoms with Crippen LogP contribution in [0, 0.1) is 10.2 Å². The maximum absolute atomic E-state index is 8.49. The van der Waals surface area contributed by atoms with E-state index in [9.17, 15) is 0 Å². The molecule has 0 aliphatic rings. The molecule has 476 valence electrons. The largest absolute Gasteiger partial charge is 1.00 e. The smallest absolute Gasteiger partial charge is 0.222 e. The number of hydrogen-bond donors (Lipinski definition) is 0. The number of hydrogen-bond acceptors (Lipinski definition) is 4. The van der Waals surface area contributed by atoms with Crippen LogP contribution in [0.3, 0.4) is 0 Å². The fourth-order valence-corrected chi connectivity index (χ4v) is 23.1. The molecule has 16 aromatic rings. The monoisotopic (exact) mass is 1450 g/mol. The molecule has 0 saturated heterocycles. The van der Waals surface area contributed by atoms with Crippen LogP contribution in [-0.2, 0) is 19.5 Å². The molecule has 98 heavy (non-hydrogen) atoms. The Morgan fingerprint density at radius 1 is 0.163 bits per heavy atom. The molecule has 0 N–H and O–H groups in total. The van der Waals surface area contributed by atoms with Crippen molar-refractivity contribution in [3.63, 3.8) is 0 Å². The molecule has 0 atom stereocenters. The van der Waals surface area contributed by atoms with Gasteiger partial charge in [0.25, 0.3) is 0 Å². The van der Waals surface area contributed by atoms with Crippen molar-refractivity contribution in [1.82, 2.24) is 0 Å². The minimum absolute atomic E-state index is 0. The third-order valence-electron chi connectivity index (χ3n) is 17.2. The predicted molar refractivity (Wildman–Crippen MR) is 409 cm³/mol. The fraction of sp³-hybridized carbons (Fsp3) is 0. The van der Waals surface area contributed by atoms with Crippen molar-refractivity contribution >= 4 is 138 Å². The molecule has 0 saturated carbocycles. The van der Waals surface area contributed by atoms with Gasteiger partial charge in [-0.25, -0.2) is 18.6 Å². The van der Waals surface area contributed by atoms with Crippen LogP contribution in [0.15, 0.2) is 388 Å². The molecule has 0 amide bonds. The van der Waals surface area contributed by atoms with Crippen LogP contribution < -0.4 is 82.3 Å². The van der Waals surface area contributed by atoms with Crippen LogP contribution >= 0.6 is 31.7 Å². The van der Waals surface area contributed by atoms with Crippen LogP contribution in [0.25, 0.3) is 65.3 Å². The predicted octanol–water partition coefficient (Wildman–Crippen LogP) is 13.6. The van der Waals surface area contributed by atoms with Crippen molar-refractivity contribution in [2.45, 2.75) is 0 Å². The summed E-state index contributed by atoms with van der Waals surface area (Å²) in [6.45, 7) is 0. The average Bonchev–Trinajstić information content (AvgIpc) is 0.740. The Balaban J connectivity index is 0.000000164. The average molecular weight is 1450 g/mol. The number of halogens is 1. The molecule has 16 rings (SSSR count). The van der Waals surface area contributed by atoms with Gasteiger partial charge in [-0.2, -0.15) is 0 Å². The quantitative estimate of drug-likeness (QED) is 0.0801. The third kappa shape index (κ3) is 15.0. The van der Waals surface area contributed by atoms with Crippen LogP contribution in [0.1, 0.15) is 0 Å². The summed E-state index contributed by atoms with van der Waals surface area (Å²) < 4.78 is 34.0. The summed E-state index contributed by atoms with van der Waals surface area (Å²) in [5.41, 5.74) is 5.40. The second-order valence-electron chi connectivity index (χ2n) is 23.1. The van der Waals surface area contributed by atoms with Crippen molar-refractivity contribution < 1.29 is 48.4 Å². The second kappa shape index (κ2) is 31.7. The van der Waals surface area contributed by atoms with E-state index >= 15 is 0 Å². The van der Waals surface area contributed by atoms with Crippen molar-refractivity contribution in [2.75, 3.05) is 0 Å². The zero-order chi connectivity index (χ0) is 65.9. The first kappa shape index (κ1) is 67.6. The topological polar surface area (TPSA) is 92.2 Å². The summed E-state index contributed by atoms with van der Waals surface area (Å²) >= 11 is 0. The molecule has 10 heteroatoms. The van der Waals surface area contributed by atoms with E-state index < -0.39 is 41.9 Å². The number of rotatable bonds is 14. The molecule has 0 fully saturated rings. The van der Waals surface area contributed by atoms with E-state index in [1.807, 2.05) is 0 Å². The van der Waals surface area contributed by atoms with Gasteiger partial charge in [0.05, 0.1) is 0 Å². The minimum Gasteiger partial charge on any atom is -0.222 e. The van der Waals surface area contributed by atoms with Gasteiger partial charge >= 0.3 is 19.5 Å². The van der Waals surface area contributed by atoms with Crippen LogP contribution in [0.5, 0.6) is 0 Å². The fourth-order valence-electron chi connectivity index (χ4n) is 13.2. The van der Waals surface area contributed by atoms with Gasteiger partial charge < -0.3 is 0 Å². The van der Waals surface area contributed by atoms with E-state index in [0.717, 1.165) is 0 Å². The molecule has 0 unspecified atom stereocenters. The molecule has 0 aliphatic heterocycles. The van der Waals surface area contributed by atoms with Crippen molar-refractivity contribution in [1.29, 1.82) is 0 Å². The SMILES string of the molecule is [O-][Cl+3]([O-])([O-])[O-].[Rh+].c1ccc(P(c2ccccc2)c2ccc3ccccc3c2-c2c(P(c3ccccc3)c3ccccc3)ccc3ccccc23)cc1.c1ccc(P(c2ccccc2)c2ccc3ccccc3c2-c2c(P(c3ccccc3)c3ccccc3)ccc3ccccc23)cc1. The first-order valence-corrected chi connectivity index (χ1v) is 38.6. The van der Waals surface area contributed by atoms with E-state index in [2.05, 4.69) is 388 Å². The van der Waals surface area contributed by atoms with Gasteiger partial charge in [0, 0.05) is 0 Å². The zero-order valence-electron chi connectivity index (χ0n) is 53.1. The van der Waals surface area contributed by atoms with Gasteiger partial charge in [-0.3, -0.25) is 0 Å². The van der Waals surface area contributed by atoms with Crippen molar-refractivity contribution in [3.8, 4) is 22.3 Å². The van der Waals surface area contributed by atoms with Gasteiger partial charge in [-0.15, -0.1) is 10.2 Å². The Morgan fingerprint density at radius 2 is 0.296 bits per heavy atom. The maximum Gasteiger partial charge on any atom is 1.00 e. The normalized spacial score (nSPS) is 11.3. The molecular weight excluding hydrogens is 1380 g/mol. The van der Waals surface area contributed by atoms with Crippen molar-refractivity contribution in [3.05, 3.63) is 388 Å². The van der Waals surface area contributed by atoms with E-state index in [0.29, 0.717) is 0 Å². The Labute approximate surface area is 592 Å². The number of benzene rings is 16. The Morgan fingerprint density at radius 3 is 0.449 bits per heavy atom. The molecule has 0 heterocycles. The maximum atomic E-state index is 8.49. The first-order chi connectivity index (χ1) is 47.7.